The molecule has 0 saturated carbocycles. The molecule has 1 amide bonds. The number of allylic oxidation sites excluding steroid dienone is 1. The first kappa shape index (κ1) is 14.2. The van der Waals surface area contributed by atoms with Gasteiger partial charge in [-0.1, -0.05) is 17.5 Å². The number of hydrogen-bond donors (Lipinski definition) is 0. The minimum Gasteiger partial charge on any atom is -0.327 e. The number of amides is 1. The molecule has 0 fully saturated rings. The molecule has 0 heterocycles. The Bertz CT molecular complexity index is 235. The standard InChI is InChI=1S/C8H16NO2PS2/c1-4-6-7-14-12(13,11-5-2)9(3)8-10/h4,8H,1,5-7H2,2-3H3. The number of rotatable bonds is 8. The lowest BCUT2D eigenvalue weighted by Crippen LogP contribution is -2.12. The van der Waals surface area contributed by atoms with Gasteiger partial charge in [0.25, 0.3) is 0 Å². The van der Waals surface area contributed by atoms with Gasteiger partial charge in [-0.05, 0) is 25.2 Å². The van der Waals surface area contributed by atoms with E-state index in [-0.39, 0.29) is 0 Å². The molecule has 0 aliphatic heterocycles. The van der Waals surface area contributed by atoms with Gasteiger partial charge in [0.2, 0.25) is 12.0 Å². The normalized spacial score (nSPS) is 14.4. The maximum Gasteiger partial charge on any atom is 0.215 e. The molecule has 1 atom stereocenters. The van der Waals surface area contributed by atoms with Crippen LogP contribution in [0.2, 0.25) is 0 Å². The molecular formula is C8H16NO2PS2. The molecule has 0 aromatic rings. The second-order valence-electron chi connectivity index (χ2n) is 2.48. The summed E-state index contributed by atoms with van der Waals surface area (Å²) in [5.74, 6) is 0.846. The van der Waals surface area contributed by atoms with Gasteiger partial charge in [-0.15, -0.1) is 6.58 Å². The summed E-state index contributed by atoms with van der Waals surface area (Å²) in [6, 6.07) is 0. The second kappa shape index (κ2) is 7.46. The van der Waals surface area contributed by atoms with Gasteiger partial charge in [0.05, 0.1) is 6.61 Å². The molecule has 6 heteroatoms. The molecule has 0 radical (unpaired) electrons. The first-order chi connectivity index (χ1) is 6.60. The molecule has 0 spiro atoms. The summed E-state index contributed by atoms with van der Waals surface area (Å²) < 4.78 is 6.95. The van der Waals surface area contributed by atoms with Crippen molar-refractivity contribution >= 4 is 35.2 Å². The Kier molecular flexibility index (Phi) is 7.55. The number of nitrogens with zero attached hydrogens (tertiary/aromatic N) is 1. The van der Waals surface area contributed by atoms with Crippen molar-refractivity contribution in [1.82, 2.24) is 4.67 Å². The molecule has 0 bridgehead atoms. The van der Waals surface area contributed by atoms with Crippen molar-refractivity contribution in [2.75, 3.05) is 19.4 Å². The van der Waals surface area contributed by atoms with E-state index in [9.17, 15) is 4.79 Å². The number of carbonyl (C=O) groups excluding carboxylic acids is 1. The monoisotopic (exact) mass is 253 g/mol. The highest BCUT2D eigenvalue weighted by Crippen LogP contribution is 2.61. The third-order valence-electron chi connectivity index (χ3n) is 1.41. The fourth-order valence-corrected chi connectivity index (χ4v) is 5.39. The Labute approximate surface area is 94.8 Å². The molecule has 0 aromatic carbocycles. The van der Waals surface area contributed by atoms with Gasteiger partial charge in [0.1, 0.15) is 0 Å². The second-order valence-corrected chi connectivity index (χ2v) is 9.41. The van der Waals surface area contributed by atoms with Gasteiger partial charge in [0.15, 0.2) is 0 Å². The molecule has 0 saturated heterocycles. The van der Waals surface area contributed by atoms with Gasteiger partial charge < -0.3 is 4.52 Å². The van der Waals surface area contributed by atoms with Crippen LogP contribution in [0.3, 0.4) is 0 Å². The van der Waals surface area contributed by atoms with Crippen LogP contribution in [0.5, 0.6) is 0 Å². The zero-order valence-corrected chi connectivity index (χ0v) is 11.0. The third-order valence-corrected chi connectivity index (χ3v) is 8.26. The zero-order chi connectivity index (χ0) is 11.0. The molecule has 0 N–H and O–H groups in total. The Morgan fingerprint density at radius 1 is 1.71 bits per heavy atom. The van der Waals surface area contributed by atoms with Crippen LogP contribution in [0.15, 0.2) is 12.7 Å². The highest BCUT2D eigenvalue weighted by atomic mass is 32.9. The van der Waals surface area contributed by atoms with E-state index in [1.54, 1.807) is 7.05 Å². The Morgan fingerprint density at radius 3 is 2.79 bits per heavy atom. The average Bonchev–Trinajstić information content (AvgIpc) is 2.17. The van der Waals surface area contributed by atoms with E-state index in [0.717, 1.165) is 18.6 Å². The van der Waals surface area contributed by atoms with Crippen molar-refractivity contribution in [2.24, 2.45) is 0 Å². The summed E-state index contributed by atoms with van der Waals surface area (Å²) in [7, 11) is 1.67. The van der Waals surface area contributed by atoms with Crippen molar-refractivity contribution < 1.29 is 9.32 Å². The van der Waals surface area contributed by atoms with Gasteiger partial charge in [-0.2, -0.15) is 0 Å². The van der Waals surface area contributed by atoms with Crippen molar-refractivity contribution in [3.05, 3.63) is 12.7 Å². The molecule has 0 aliphatic carbocycles. The van der Waals surface area contributed by atoms with E-state index in [0.29, 0.717) is 6.61 Å². The van der Waals surface area contributed by atoms with Gasteiger partial charge in [0, 0.05) is 12.8 Å². The molecular weight excluding hydrogens is 237 g/mol. The summed E-state index contributed by atoms with van der Waals surface area (Å²) in [6.45, 7) is 6.05. The van der Waals surface area contributed by atoms with Crippen LogP contribution in [0.25, 0.3) is 0 Å². The molecule has 0 aliphatic rings. The van der Waals surface area contributed by atoms with Crippen molar-refractivity contribution in [1.29, 1.82) is 0 Å². The highest BCUT2D eigenvalue weighted by molar-refractivity contribution is 8.68. The van der Waals surface area contributed by atoms with Crippen molar-refractivity contribution in [3.8, 4) is 0 Å². The maximum absolute atomic E-state index is 10.6. The van der Waals surface area contributed by atoms with Crippen LogP contribution in [0.4, 0.5) is 0 Å². The lowest BCUT2D eigenvalue weighted by Gasteiger charge is -2.26. The molecule has 14 heavy (non-hydrogen) atoms. The summed E-state index contributed by atoms with van der Waals surface area (Å²) in [5, 5.41) is 0. The minimum absolute atomic E-state index is 0.538. The highest BCUT2D eigenvalue weighted by Gasteiger charge is 2.22. The summed E-state index contributed by atoms with van der Waals surface area (Å²) in [5.41, 5.74) is -2.17. The van der Waals surface area contributed by atoms with Crippen molar-refractivity contribution in [3.63, 3.8) is 0 Å². The molecule has 0 rings (SSSR count). The zero-order valence-electron chi connectivity index (χ0n) is 8.51. The largest absolute Gasteiger partial charge is 0.327 e. The van der Waals surface area contributed by atoms with E-state index >= 15 is 0 Å². The van der Waals surface area contributed by atoms with E-state index < -0.39 is 5.62 Å². The smallest absolute Gasteiger partial charge is 0.215 e. The topological polar surface area (TPSA) is 29.5 Å². The lowest BCUT2D eigenvalue weighted by atomic mass is 10.5. The third kappa shape index (κ3) is 4.60. The predicted octanol–water partition coefficient (Wildman–Crippen LogP) is 2.64. The first-order valence-corrected chi connectivity index (χ1v) is 8.55. The Hall–Kier alpha value is 0.170. The average molecular weight is 253 g/mol. The van der Waals surface area contributed by atoms with Gasteiger partial charge in [-0.25, -0.2) is 0 Å². The Balaban J connectivity index is 4.30. The van der Waals surface area contributed by atoms with Crippen LogP contribution >= 0.6 is 17.0 Å². The summed E-state index contributed by atoms with van der Waals surface area (Å²) in [4.78, 5) is 10.6. The lowest BCUT2D eigenvalue weighted by molar-refractivity contribution is -0.113. The number of carbonyl (C=O) groups is 1. The van der Waals surface area contributed by atoms with Crippen LogP contribution in [0.1, 0.15) is 13.3 Å². The quantitative estimate of drug-likeness (QED) is 0.288. The van der Waals surface area contributed by atoms with Crippen molar-refractivity contribution in [2.45, 2.75) is 13.3 Å². The van der Waals surface area contributed by atoms with Crippen LogP contribution in [-0.2, 0) is 21.1 Å². The van der Waals surface area contributed by atoms with E-state index in [1.165, 1.54) is 16.1 Å². The van der Waals surface area contributed by atoms with Crippen LogP contribution in [-0.4, -0.2) is 30.5 Å². The summed E-state index contributed by atoms with van der Waals surface area (Å²) >= 11 is 6.88. The Morgan fingerprint density at radius 2 is 2.36 bits per heavy atom. The first-order valence-electron chi connectivity index (χ1n) is 4.29. The molecule has 1 unspecified atom stereocenters. The fraction of sp³-hybridized carbons (Fsp3) is 0.625. The van der Waals surface area contributed by atoms with E-state index in [2.05, 4.69) is 6.58 Å². The minimum atomic E-state index is -2.17. The maximum atomic E-state index is 10.6. The van der Waals surface area contributed by atoms with Gasteiger partial charge in [-0.3, -0.25) is 9.46 Å². The molecule has 3 nitrogen and oxygen atoms in total. The SMILES string of the molecule is C=CCCSP(=S)(OCC)N(C)C=O. The van der Waals surface area contributed by atoms with E-state index in [1.807, 2.05) is 13.0 Å². The fourth-order valence-electron chi connectivity index (χ4n) is 0.692. The van der Waals surface area contributed by atoms with E-state index in [4.69, 9.17) is 16.3 Å². The number of hydrogen-bond acceptors (Lipinski definition) is 4. The molecule has 0 aromatic heterocycles. The van der Waals surface area contributed by atoms with Crippen LogP contribution < -0.4 is 0 Å². The van der Waals surface area contributed by atoms with Crippen LogP contribution in [0, 0.1) is 0 Å². The summed E-state index contributed by atoms with van der Waals surface area (Å²) in [6.07, 6.45) is 3.44. The van der Waals surface area contributed by atoms with Gasteiger partial charge >= 0.3 is 0 Å². The predicted molar refractivity (Wildman–Crippen MR) is 67.0 cm³/mol. The molecule has 82 valence electrons.